The molecule has 110 valence electrons. The van der Waals surface area contributed by atoms with Gasteiger partial charge in [0, 0.05) is 12.1 Å². The number of rotatable bonds is 4. The Morgan fingerprint density at radius 3 is 2.35 bits per heavy atom. The van der Waals surface area contributed by atoms with E-state index in [1.165, 1.54) is 13.0 Å². The zero-order chi connectivity index (χ0) is 15.3. The summed E-state index contributed by atoms with van der Waals surface area (Å²) in [6.07, 6.45) is -1.03. The highest BCUT2D eigenvalue weighted by Gasteiger charge is 2.18. The molecule has 0 aliphatic rings. The summed E-state index contributed by atoms with van der Waals surface area (Å²) in [6.45, 7) is 4.87. The summed E-state index contributed by atoms with van der Waals surface area (Å²) in [5.41, 5.74) is 0. The highest BCUT2D eigenvalue weighted by molar-refractivity contribution is 5.96. The fourth-order valence-corrected chi connectivity index (χ4v) is 1.32. The summed E-state index contributed by atoms with van der Waals surface area (Å²) in [5, 5.41) is 4.55. The average Bonchev–Trinajstić information content (AvgIpc) is 2.32. The van der Waals surface area contributed by atoms with Crippen LogP contribution in [-0.4, -0.2) is 24.1 Å². The van der Waals surface area contributed by atoms with E-state index in [4.69, 9.17) is 4.74 Å². The first-order chi connectivity index (χ1) is 9.29. The van der Waals surface area contributed by atoms with Crippen molar-refractivity contribution in [2.45, 2.75) is 32.9 Å². The molecule has 0 saturated heterocycles. The van der Waals surface area contributed by atoms with Gasteiger partial charge in [-0.3, -0.25) is 10.1 Å². The standard InChI is InChI=1S/C13H16F2N2O3/c1-7(2)16-13(19)17-12(18)8(3)20-9-4-5-10(14)11(15)6-9/h4-8H,1-3H3,(H2,16,17,18,19)/t8-/m1/s1. The Hall–Kier alpha value is -2.18. The van der Waals surface area contributed by atoms with Crippen molar-refractivity contribution in [1.29, 1.82) is 0 Å². The Kier molecular flexibility index (Phi) is 5.42. The summed E-state index contributed by atoms with van der Waals surface area (Å²) in [6, 6.07) is 2.14. The van der Waals surface area contributed by atoms with Gasteiger partial charge in [-0.1, -0.05) is 0 Å². The van der Waals surface area contributed by atoms with Crippen LogP contribution < -0.4 is 15.4 Å². The van der Waals surface area contributed by atoms with E-state index in [1.807, 2.05) is 0 Å². The maximum atomic E-state index is 13.0. The topological polar surface area (TPSA) is 67.4 Å². The molecule has 5 nitrogen and oxygen atoms in total. The fraction of sp³-hybridized carbons (Fsp3) is 0.385. The molecule has 1 aromatic carbocycles. The van der Waals surface area contributed by atoms with E-state index in [0.717, 1.165) is 12.1 Å². The number of urea groups is 1. The van der Waals surface area contributed by atoms with Crippen molar-refractivity contribution in [1.82, 2.24) is 10.6 Å². The monoisotopic (exact) mass is 286 g/mol. The Balaban J connectivity index is 2.57. The van der Waals surface area contributed by atoms with Gasteiger partial charge in [-0.05, 0) is 32.9 Å². The maximum absolute atomic E-state index is 13.0. The Labute approximate surface area is 115 Å². The molecule has 1 aromatic rings. The average molecular weight is 286 g/mol. The van der Waals surface area contributed by atoms with Gasteiger partial charge in [0.15, 0.2) is 17.7 Å². The van der Waals surface area contributed by atoms with Crippen LogP contribution in [0.3, 0.4) is 0 Å². The first kappa shape index (κ1) is 15.9. The molecule has 0 radical (unpaired) electrons. The van der Waals surface area contributed by atoms with Crippen LogP contribution in [0.1, 0.15) is 20.8 Å². The largest absolute Gasteiger partial charge is 0.481 e. The first-order valence-corrected chi connectivity index (χ1v) is 6.02. The molecule has 0 spiro atoms. The first-order valence-electron chi connectivity index (χ1n) is 6.02. The van der Waals surface area contributed by atoms with Crippen LogP contribution in [0.4, 0.5) is 13.6 Å². The summed E-state index contributed by atoms with van der Waals surface area (Å²) in [7, 11) is 0. The lowest BCUT2D eigenvalue weighted by Gasteiger charge is -2.15. The lowest BCUT2D eigenvalue weighted by molar-refractivity contribution is -0.126. The number of ether oxygens (including phenoxy) is 1. The van der Waals surface area contributed by atoms with Gasteiger partial charge in [-0.15, -0.1) is 0 Å². The van der Waals surface area contributed by atoms with Crippen LogP contribution in [0.25, 0.3) is 0 Å². The SMILES string of the molecule is CC(C)NC(=O)NC(=O)[C@@H](C)Oc1ccc(F)c(F)c1. The zero-order valence-electron chi connectivity index (χ0n) is 11.4. The molecule has 0 aliphatic carbocycles. The summed E-state index contributed by atoms with van der Waals surface area (Å²) in [5.74, 6) is -2.78. The smallest absolute Gasteiger partial charge is 0.321 e. The van der Waals surface area contributed by atoms with Crippen LogP contribution in [0.5, 0.6) is 5.75 Å². The fourth-order valence-electron chi connectivity index (χ4n) is 1.32. The van der Waals surface area contributed by atoms with E-state index in [1.54, 1.807) is 13.8 Å². The lowest BCUT2D eigenvalue weighted by Crippen LogP contribution is -2.46. The molecule has 0 bridgehead atoms. The van der Waals surface area contributed by atoms with Crippen LogP contribution >= 0.6 is 0 Å². The predicted molar refractivity (Wildman–Crippen MR) is 68.3 cm³/mol. The second-order valence-electron chi connectivity index (χ2n) is 4.45. The molecular weight excluding hydrogens is 270 g/mol. The number of imide groups is 1. The van der Waals surface area contributed by atoms with E-state index in [2.05, 4.69) is 10.6 Å². The number of hydrogen-bond acceptors (Lipinski definition) is 3. The quantitative estimate of drug-likeness (QED) is 0.889. The van der Waals surface area contributed by atoms with Crippen LogP contribution in [0.15, 0.2) is 18.2 Å². The minimum absolute atomic E-state index is 0.00387. The Morgan fingerprint density at radius 2 is 1.80 bits per heavy atom. The number of amides is 3. The summed E-state index contributed by atoms with van der Waals surface area (Å²) < 4.78 is 30.8. The molecule has 1 atom stereocenters. The van der Waals surface area contributed by atoms with Crippen LogP contribution in [0, 0.1) is 11.6 Å². The molecule has 0 aliphatic heterocycles. The number of carbonyl (C=O) groups excluding carboxylic acids is 2. The van der Waals surface area contributed by atoms with E-state index >= 15 is 0 Å². The van der Waals surface area contributed by atoms with Gasteiger partial charge in [0.05, 0.1) is 0 Å². The lowest BCUT2D eigenvalue weighted by atomic mass is 10.3. The number of hydrogen-bond donors (Lipinski definition) is 2. The molecule has 3 amide bonds. The van der Waals surface area contributed by atoms with Gasteiger partial charge in [0.1, 0.15) is 5.75 Å². The van der Waals surface area contributed by atoms with Crippen molar-refractivity contribution >= 4 is 11.9 Å². The van der Waals surface area contributed by atoms with Crippen molar-refractivity contribution in [2.75, 3.05) is 0 Å². The Bertz CT molecular complexity index is 506. The van der Waals surface area contributed by atoms with Gasteiger partial charge in [-0.25, -0.2) is 13.6 Å². The van der Waals surface area contributed by atoms with E-state index in [-0.39, 0.29) is 11.8 Å². The minimum atomic E-state index is -1.08. The number of benzene rings is 1. The molecule has 20 heavy (non-hydrogen) atoms. The normalized spacial score (nSPS) is 11.9. The van der Waals surface area contributed by atoms with E-state index in [9.17, 15) is 18.4 Å². The number of halogens is 2. The third-order valence-electron chi connectivity index (χ3n) is 2.23. The highest BCUT2D eigenvalue weighted by Crippen LogP contribution is 2.16. The van der Waals surface area contributed by atoms with Crippen LogP contribution in [-0.2, 0) is 4.79 Å². The van der Waals surface area contributed by atoms with Gasteiger partial charge < -0.3 is 10.1 Å². The minimum Gasteiger partial charge on any atom is -0.481 e. The van der Waals surface area contributed by atoms with Gasteiger partial charge in [0.2, 0.25) is 0 Å². The molecule has 0 aromatic heterocycles. The maximum Gasteiger partial charge on any atom is 0.321 e. The second kappa shape index (κ2) is 6.83. The van der Waals surface area contributed by atoms with Crippen molar-refractivity contribution in [2.24, 2.45) is 0 Å². The second-order valence-corrected chi connectivity index (χ2v) is 4.45. The van der Waals surface area contributed by atoms with E-state index < -0.39 is 29.7 Å². The van der Waals surface area contributed by atoms with Crippen LogP contribution in [0.2, 0.25) is 0 Å². The summed E-state index contributed by atoms with van der Waals surface area (Å²) in [4.78, 5) is 22.9. The zero-order valence-corrected chi connectivity index (χ0v) is 11.4. The van der Waals surface area contributed by atoms with Crippen molar-refractivity contribution in [3.8, 4) is 5.75 Å². The molecular formula is C13H16F2N2O3. The number of carbonyl (C=O) groups is 2. The Morgan fingerprint density at radius 1 is 1.15 bits per heavy atom. The van der Waals surface area contributed by atoms with Crippen molar-refractivity contribution < 1.29 is 23.1 Å². The van der Waals surface area contributed by atoms with Crippen molar-refractivity contribution in [3.05, 3.63) is 29.8 Å². The highest BCUT2D eigenvalue weighted by atomic mass is 19.2. The van der Waals surface area contributed by atoms with E-state index in [0.29, 0.717) is 0 Å². The van der Waals surface area contributed by atoms with Gasteiger partial charge >= 0.3 is 6.03 Å². The molecule has 1 rings (SSSR count). The third-order valence-corrected chi connectivity index (χ3v) is 2.23. The third kappa shape index (κ3) is 4.83. The van der Waals surface area contributed by atoms with Gasteiger partial charge in [-0.2, -0.15) is 0 Å². The summed E-state index contributed by atoms with van der Waals surface area (Å²) >= 11 is 0. The predicted octanol–water partition coefficient (Wildman–Crippen LogP) is 1.97. The molecule has 0 fully saturated rings. The van der Waals surface area contributed by atoms with Gasteiger partial charge in [0.25, 0.3) is 5.91 Å². The molecule has 7 heteroatoms. The molecule has 0 saturated carbocycles. The molecule has 2 N–H and O–H groups in total. The molecule has 0 unspecified atom stereocenters. The number of nitrogens with one attached hydrogen (secondary N) is 2. The van der Waals surface area contributed by atoms with Crippen molar-refractivity contribution in [3.63, 3.8) is 0 Å². The molecule has 0 heterocycles.